The zero-order valence-corrected chi connectivity index (χ0v) is 12.0. The fourth-order valence-corrected chi connectivity index (χ4v) is 2.04. The molecule has 4 heteroatoms. The summed E-state index contributed by atoms with van der Waals surface area (Å²) in [7, 11) is 1.75. The Balaban J connectivity index is 1.99. The molecule has 0 atom stereocenters. The van der Waals surface area contributed by atoms with Gasteiger partial charge < -0.3 is 10.0 Å². The third-order valence-electron chi connectivity index (χ3n) is 3.09. The van der Waals surface area contributed by atoms with E-state index in [-0.39, 0.29) is 18.1 Å². The van der Waals surface area contributed by atoms with Crippen molar-refractivity contribution in [3.63, 3.8) is 0 Å². The van der Waals surface area contributed by atoms with Crippen molar-refractivity contribution in [2.75, 3.05) is 7.05 Å². The molecule has 0 aliphatic heterocycles. The normalized spacial score (nSPS) is 10.3. The number of para-hydroxylation sites is 1. The van der Waals surface area contributed by atoms with Crippen molar-refractivity contribution in [1.82, 2.24) is 4.90 Å². The summed E-state index contributed by atoms with van der Waals surface area (Å²) in [6.07, 6.45) is 0.191. The molecule has 20 heavy (non-hydrogen) atoms. The molecule has 0 saturated heterocycles. The number of aromatic hydroxyl groups is 1. The maximum absolute atomic E-state index is 12.1. The minimum absolute atomic E-state index is 0.0403. The number of benzene rings is 2. The van der Waals surface area contributed by atoms with E-state index in [0.29, 0.717) is 17.1 Å². The van der Waals surface area contributed by atoms with E-state index in [1.807, 2.05) is 18.2 Å². The van der Waals surface area contributed by atoms with Gasteiger partial charge in [0.05, 0.1) is 6.42 Å². The molecule has 0 heterocycles. The van der Waals surface area contributed by atoms with E-state index in [0.717, 1.165) is 5.56 Å². The summed E-state index contributed by atoms with van der Waals surface area (Å²) in [5, 5.41) is 10.4. The van der Waals surface area contributed by atoms with Crippen LogP contribution in [0.2, 0.25) is 5.02 Å². The Morgan fingerprint density at radius 3 is 2.45 bits per heavy atom. The Kier molecular flexibility index (Phi) is 4.64. The van der Waals surface area contributed by atoms with Gasteiger partial charge in [0, 0.05) is 24.2 Å². The van der Waals surface area contributed by atoms with E-state index in [1.165, 1.54) is 0 Å². The molecule has 104 valence electrons. The molecule has 0 aliphatic carbocycles. The number of carbonyl (C=O) groups is 1. The maximum Gasteiger partial charge on any atom is 0.227 e. The zero-order valence-electron chi connectivity index (χ0n) is 11.2. The molecule has 0 bridgehead atoms. The first-order valence-corrected chi connectivity index (χ1v) is 6.69. The zero-order chi connectivity index (χ0) is 14.5. The Morgan fingerprint density at radius 2 is 1.80 bits per heavy atom. The third kappa shape index (κ3) is 3.75. The molecule has 3 nitrogen and oxygen atoms in total. The molecule has 0 spiro atoms. The smallest absolute Gasteiger partial charge is 0.227 e. The first-order valence-electron chi connectivity index (χ1n) is 6.31. The summed E-state index contributed by atoms with van der Waals surface area (Å²) < 4.78 is 0. The summed E-state index contributed by atoms with van der Waals surface area (Å²) in [5.74, 6) is 0.113. The highest BCUT2D eigenvalue weighted by Gasteiger charge is 2.12. The Labute approximate surface area is 123 Å². The van der Waals surface area contributed by atoms with Gasteiger partial charge in [-0.05, 0) is 23.8 Å². The molecule has 0 radical (unpaired) electrons. The molecule has 0 aromatic heterocycles. The van der Waals surface area contributed by atoms with Gasteiger partial charge in [-0.15, -0.1) is 0 Å². The van der Waals surface area contributed by atoms with Crippen LogP contribution in [0.25, 0.3) is 0 Å². The van der Waals surface area contributed by atoms with Gasteiger partial charge in [-0.25, -0.2) is 0 Å². The second kappa shape index (κ2) is 6.44. The van der Waals surface area contributed by atoms with E-state index in [2.05, 4.69) is 0 Å². The van der Waals surface area contributed by atoms with Crippen molar-refractivity contribution in [1.29, 1.82) is 0 Å². The third-order valence-corrected chi connectivity index (χ3v) is 3.34. The molecule has 1 amide bonds. The van der Waals surface area contributed by atoms with Crippen LogP contribution in [0.4, 0.5) is 0 Å². The molecule has 2 aromatic rings. The molecule has 2 aromatic carbocycles. The van der Waals surface area contributed by atoms with Gasteiger partial charge in [0.15, 0.2) is 0 Å². The maximum atomic E-state index is 12.1. The lowest BCUT2D eigenvalue weighted by atomic mass is 10.1. The molecule has 1 N–H and O–H groups in total. The Bertz CT molecular complexity index is 596. The monoisotopic (exact) mass is 289 g/mol. The number of rotatable bonds is 4. The van der Waals surface area contributed by atoms with Crippen molar-refractivity contribution in [2.24, 2.45) is 0 Å². The number of amides is 1. The van der Waals surface area contributed by atoms with Crippen LogP contribution >= 0.6 is 11.6 Å². The summed E-state index contributed by atoms with van der Waals surface area (Å²) in [4.78, 5) is 13.8. The van der Waals surface area contributed by atoms with Crippen molar-refractivity contribution in [3.8, 4) is 5.75 Å². The molecular formula is C16H16ClNO2. The quantitative estimate of drug-likeness (QED) is 0.938. The molecule has 0 unspecified atom stereocenters. The lowest BCUT2D eigenvalue weighted by molar-refractivity contribution is -0.129. The number of carbonyl (C=O) groups excluding carboxylic acids is 1. The number of phenolic OH excluding ortho intramolecular Hbond substituents is 1. The second-order valence-electron chi connectivity index (χ2n) is 4.68. The van der Waals surface area contributed by atoms with E-state index in [1.54, 1.807) is 42.3 Å². The van der Waals surface area contributed by atoms with Crippen molar-refractivity contribution < 1.29 is 9.90 Å². The molecular weight excluding hydrogens is 274 g/mol. The average Bonchev–Trinajstić information content (AvgIpc) is 2.44. The standard InChI is InChI=1S/C16H16ClNO2/c1-18(11-12-6-8-14(17)9-7-12)16(20)10-13-4-2-3-5-15(13)19/h2-9,19H,10-11H2,1H3. The van der Waals surface area contributed by atoms with Crippen LogP contribution < -0.4 is 0 Å². The van der Waals surface area contributed by atoms with Gasteiger partial charge in [0.25, 0.3) is 0 Å². The number of hydrogen-bond acceptors (Lipinski definition) is 2. The minimum Gasteiger partial charge on any atom is -0.508 e. The van der Waals surface area contributed by atoms with Gasteiger partial charge in [0.1, 0.15) is 5.75 Å². The van der Waals surface area contributed by atoms with Crippen LogP contribution in [-0.2, 0) is 17.8 Å². The van der Waals surface area contributed by atoms with Crippen molar-refractivity contribution >= 4 is 17.5 Å². The van der Waals surface area contributed by atoms with Crippen molar-refractivity contribution in [2.45, 2.75) is 13.0 Å². The van der Waals surface area contributed by atoms with Crippen LogP contribution in [-0.4, -0.2) is 23.0 Å². The lowest BCUT2D eigenvalue weighted by Gasteiger charge is -2.17. The highest BCUT2D eigenvalue weighted by molar-refractivity contribution is 6.30. The number of phenols is 1. The Hall–Kier alpha value is -2.00. The highest BCUT2D eigenvalue weighted by Crippen LogP contribution is 2.17. The number of hydrogen-bond donors (Lipinski definition) is 1. The molecule has 2 rings (SSSR count). The van der Waals surface area contributed by atoms with Gasteiger partial charge in [-0.3, -0.25) is 4.79 Å². The number of nitrogens with zero attached hydrogens (tertiary/aromatic N) is 1. The Morgan fingerprint density at radius 1 is 1.15 bits per heavy atom. The predicted octanol–water partition coefficient (Wildman–Crippen LogP) is 3.25. The van der Waals surface area contributed by atoms with E-state index >= 15 is 0 Å². The largest absolute Gasteiger partial charge is 0.508 e. The SMILES string of the molecule is CN(Cc1ccc(Cl)cc1)C(=O)Cc1ccccc1O. The van der Waals surface area contributed by atoms with E-state index < -0.39 is 0 Å². The van der Waals surface area contributed by atoms with Gasteiger partial charge >= 0.3 is 0 Å². The van der Waals surface area contributed by atoms with E-state index in [9.17, 15) is 9.90 Å². The predicted molar refractivity (Wildman–Crippen MR) is 79.7 cm³/mol. The summed E-state index contributed by atoms with van der Waals surface area (Å²) in [6.45, 7) is 0.517. The van der Waals surface area contributed by atoms with Crippen molar-refractivity contribution in [3.05, 3.63) is 64.7 Å². The van der Waals surface area contributed by atoms with Gasteiger partial charge in [-0.2, -0.15) is 0 Å². The highest BCUT2D eigenvalue weighted by atomic mass is 35.5. The van der Waals surface area contributed by atoms with Crippen LogP contribution in [0.3, 0.4) is 0 Å². The summed E-state index contributed by atoms with van der Waals surface area (Å²) in [5.41, 5.74) is 1.66. The first-order chi connectivity index (χ1) is 9.56. The number of likely N-dealkylation sites (N-methyl/N-ethyl adjacent to an activating group) is 1. The van der Waals surface area contributed by atoms with Crippen LogP contribution in [0, 0.1) is 0 Å². The lowest BCUT2D eigenvalue weighted by Crippen LogP contribution is -2.27. The van der Waals surface area contributed by atoms with Gasteiger partial charge in [-0.1, -0.05) is 41.9 Å². The van der Waals surface area contributed by atoms with Crippen LogP contribution in [0.5, 0.6) is 5.75 Å². The average molecular weight is 290 g/mol. The fraction of sp³-hybridized carbons (Fsp3) is 0.188. The van der Waals surface area contributed by atoms with E-state index in [4.69, 9.17) is 11.6 Å². The molecule has 0 aliphatic rings. The first kappa shape index (κ1) is 14.4. The number of halogens is 1. The van der Waals surface area contributed by atoms with Crippen LogP contribution in [0.15, 0.2) is 48.5 Å². The van der Waals surface area contributed by atoms with Gasteiger partial charge in [0.2, 0.25) is 5.91 Å². The summed E-state index contributed by atoms with van der Waals surface area (Å²) in [6, 6.07) is 14.3. The molecule has 0 saturated carbocycles. The second-order valence-corrected chi connectivity index (χ2v) is 5.12. The summed E-state index contributed by atoms with van der Waals surface area (Å²) >= 11 is 5.83. The topological polar surface area (TPSA) is 40.5 Å². The fourth-order valence-electron chi connectivity index (χ4n) is 1.91. The molecule has 0 fully saturated rings. The minimum atomic E-state index is -0.0403. The van der Waals surface area contributed by atoms with Crippen LogP contribution in [0.1, 0.15) is 11.1 Å².